The van der Waals surface area contributed by atoms with Crippen LogP contribution in [0.15, 0.2) is 473 Å². The first-order valence-corrected chi connectivity index (χ1v) is 45.8. The van der Waals surface area contributed by atoms with E-state index in [9.17, 15) is 0 Å². The van der Waals surface area contributed by atoms with Crippen LogP contribution in [0, 0.1) is 10.8 Å². The van der Waals surface area contributed by atoms with Gasteiger partial charge in [0.25, 0.3) is 0 Å². The number of nitrogens with one attached hydrogen (secondary N) is 4. The lowest BCUT2D eigenvalue weighted by atomic mass is 10.1. The van der Waals surface area contributed by atoms with Crippen LogP contribution in [0.5, 0.6) is 0 Å². The molecule has 0 saturated heterocycles. The van der Waals surface area contributed by atoms with Gasteiger partial charge in [0.1, 0.15) is 11.8 Å². The minimum atomic E-state index is 0.607. The van der Waals surface area contributed by atoms with E-state index in [1.165, 1.54) is 23.2 Å². The summed E-state index contributed by atoms with van der Waals surface area (Å²) in [5, 5.41) is 30.9. The largest absolute Gasteiger partial charge is 0.355 e. The fourth-order valence-corrected chi connectivity index (χ4v) is 18.6. The smallest absolute Gasteiger partial charge is 0.164 e. The molecule has 0 aliphatic rings. The molecule has 25 aromatic rings. The zero-order valence-electron chi connectivity index (χ0n) is 74.6. The van der Waals surface area contributed by atoms with Gasteiger partial charge in [0.2, 0.25) is 0 Å². The van der Waals surface area contributed by atoms with Crippen molar-refractivity contribution in [1.82, 2.24) is 58.1 Å². The Hall–Kier alpha value is -19.1. The Kier molecular flexibility index (Phi) is 22.3. The molecule has 16 heteroatoms. The van der Waals surface area contributed by atoms with E-state index in [1.54, 1.807) is 0 Å². The van der Waals surface area contributed by atoms with Crippen molar-refractivity contribution in [3.8, 4) is 125 Å². The molecule has 0 aliphatic heterocycles. The summed E-state index contributed by atoms with van der Waals surface area (Å²) in [6, 6.07) is 159. The van der Waals surface area contributed by atoms with Gasteiger partial charge in [0, 0.05) is 151 Å². The van der Waals surface area contributed by atoms with Crippen molar-refractivity contribution in [1.29, 1.82) is 10.8 Å². The van der Waals surface area contributed by atoms with Crippen LogP contribution in [0.2, 0.25) is 0 Å². The molecule has 0 spiro atoms. The average molecular weight is 1770 g/mol. The standard InChI is InChI=1S/C41H27N5.C41H29N5.C40H28N6/c1-4-12-28(13-5-1)35-26-36(44-41(43-35)30-14-6-2-7-15-30)29-20-22-32(23-21-29)46-37-19-11-10-18-33(37)34-24-25-38-39(40(34)46)42-27-45(38)31-16-8-3-9-17-31;42-27-35-36(43-31-18-8-3-9-19-31)24-23-34-33-21-10-11-22-39(33)46(40(34)35)32-20-12-17-30(25-32)38-26-37(28-13-4-1-5-14-28)44-41(45-38)29-15-6-2-7-16-29;41-26-34-35(42-30-16-8-3-9-17-30)25-24-33-32-18-10-11-19-36(32)46(37(33)34)31-22-20-29(21-23-31)40-44-38(27-12-4-1-5-13-27)43-39(45-40)28-14-6-2-7-15-28/h1-27H;1-27,42-43H;1-26,41-42H. The molecule has 0 atom stereocenters. The van der Waals surface area contributed by atoms with E-state index < -0.39 is 0 Å². The van der Waals surface area contributed by atoms with Crippen LogP contribution in [-0.2, 0) is 0 Å². The lowest BCUT2D eigenvalue weighted by Crippen LogP contribution is -2.02. The molecule has 4 N–H and O–H groups in total. The molecular formula is C122H84N16. The second-order valence-corrected chi connectivity index (χ2v) is 33.5. The maximum atomic E-state index is 8.56. The quantitative estimate of drug-likeness (QED) is 0.0566. The summed E-state index contributed by atoms with van der Waals surface area (Å²) in [6.07, 6.45) is 4.82. The number of benzene rings is 18. The molecule has 7 aromatic heterocycles. The molecule has 7 heterocycles. The van der Waals surface area contributed by atoms with Crippen LogP contribution in [0.3, 0.4) is 0 Å². The van der Waals surface area contributed by atoms with Crippen LogP contribution in [0.1, 0.15) is 11.1 Å². The van der Waals surface area contributed by atoms with E-state index in [0.29, 0.717) is 29.1 Å². The van der Waals surface area contributed by atoms with Gasteiger partial charge >= 0.3 is 0 Å². The van der Waals surface area contributed by atoms with E-state index in [1.807, 2.05) is 219 Å². The SMILES string of the molecule is N=Cc1c(Nc2ccccc2)ccc2c3ccccc3n(-c3ccc(-c4nc(-c5ccccc5)nc(-c5ccccc5)n4)cc3)c12.N=Cc1c(Nc2ccccc2)ccc2c3ccccc3n(-c3cccc(-c4cc(-c5ccccc5)nc(-c5ccccc5)n4)c3)c12.c1ccc(-c2cc(-c3ccc(-n4c5ccccc5c5ccc6c(ncn6-c6ccccc6)c54)cc3)nc(-c3ccccc3)n2)cc1. The summed E-state index contributed by atoms with van der Waals surface area (Å²) in [5.74, 6) is 3.26. The average Bonchev–Trinajstić information content (AvgIpc) is 1.57. The second-order valence-electron chi connectivity index (χ2n) is 33.5. The van der Waals surface area contributed by atoms with Gasteiger partial charge < -0.3 is 35.2 Å². The lowest BCUT2D eigenvalue weighted by Gasteiger charge is -2.15. The second kappa shape index (κ2) is 36.9. The summed E-state index contributed by atoms with van der Waals surface area (Å²) < 4.78 is 9.00. The summed E-state index contributed by atoms with van der Waals surface area (Å²) >= 11 is 0. The van der Waals surface area contributed by atoms with E-state index >= 15 is 0 Å². The predicted octanol–water partition coefficient (Wildman–Crippen LogP) is 29.9. The van der Waals surface area contributed by atoms with Gasteiger partial charge in [-0.1, -0.05) is 328 Å². The van der Waals surface area contributed by atoms with Crippen LogP contribution in [0.25, 0.3) is 201 Å². The van der Waals surface area contributed by atoms with Gasteiger partial charge in [0.05, 0.1) is 61.4 Å². The molecule has 0 bridgehead atoms. The van der Waals surface area contributed by atoms with Crippen molar-refractivity contribution < 1.29 is 0 Å². The van der Waals surface area contributed by atoms with Crippen LogP contribution >= 0.6 is 0 Å². The summed E-state index contributed by atoms with van der Waals surface area (Å²) in [7, 11) is 0. The Morgan fingerprint density at radius 2 is 0.507 bits per heavy atom. The van der Waals surface area contributed by atoms with Crippen molar-refractivity contribution in [2.75, 3.05) is 10.6 Å². The Labute approximate surface area is 795 Å². The molecule has 25 rings (SSSR count). The number of imidazole rings is 1. The van der Waals surface area contributed by atoms with Crippen molar-refractivity contribution in [3.05, 3.63) is 485 Å². The number of rotatable bonds is 19. The molecule has 0 saturated carbocycles. The highest BCUT2D eigenvalue weighted by Gasteiger charge is 2.25. The molecule has 0 radical (unpaired) electrons. The maximum Gasteiger partial charge on any atom is 0.164 e. The zero-order valence-corrected chi connectivity index (χ0v) is 74.6. The van der Waals surface area contributed by atoms with Gasteiger partial charge in [-0.3, -0.25) is 4.57 Å². The monoisotopic (exact) mass is 1770 g/mol. The number of fused-ring (bicyclic) bond motifs is 11. The normalized spacial score (nSPS) is 11.2. The van der Waals surface area contributed by atoms with Crippen molar-refractivity contribution in [2.24, 2.45) is 0 Å². The third-order valence-electron chi connectivity index (χ3n) is 25.1. The van der Waals surface area contributed by atoms with Gasteiger partial charge in [-0.25, -0.2) is 39.9 Å². The molecule has 0 fully saturated rings. The molecule has 18 aromatic carbocycles. The van der Waals surface area contributed by atoms with Crippen LogP contribution in [0.4, 0.5) is 22.7 Å². The minimum absolute atomic E-state index is 0.607. The first-order valence-electron chi connectivity index (χ1n) is 45.8. The Balaban J connectivity index is 0.000000116. The fourth-order valence-electron chi connectivity index (χ4n) is 18.6. The minimum Gasteiger partial charge on any atom is -0.355 e. The molecule has 138 heavy (non-hydrogen) atoms. The van der Waals surface area contributed by atoms with Gasteiger partial charge in [0.15, 0.2) is 29.1 Å². The lowest BCUT2D eigenvalue weighted by molar-refractivity contribution is 1.07. The highest BCUT2D eigenvalue weighted by molar-refractivity contribution is 6.19. The van der Waals surface area contributed by atoms with Crippen LogP contribution < -0.4 is 10.6 Å². The maximum absolute atomic E-state index is 8.56. The van der Waals surface area contributed by atoms with Crippen LogP contribution in [-0.4, -0.2) is 70.6 Å². The molecule has 652 valence electrons. The third-order valence-corrected chi connectivity index (χ3v) is 25.1. The third kappa shape index (κ3) is 16.2. The number of hydrogen-bond acceptors (Lipinski definition) is 12. The highest BCUT2D eigenvalue weighted by Crippen LogP contribution is 2.44. The number of para-hydroxylation sites is 6. The summed E-state index contributed by atoms with van der Waals surface area (Å²) in [4.78, 5) is 39.6. The van der Waals surface area contributed by atoms with Gasteiger partial charge in [-0.2, -0.15) is 0 Å². The fraction of sp³-hybridized carbons (Fsp3) is 0. The molecule has 16 nitrogen and oxygen atoms in total. The van der Waals surface area contributed by atoms with Crippen molar-refractivity contribution >= 4 is 112 Å². The molecule has 0 amide bonds. The van der Waals surface area contributed by atoms with E-state index in [0.717, 1.165) is 195 Å². The van der Waals surface area contributed by atoms with Gasteiger partial charge in [-0.05, 0) is 140 Å². The van der Waals surface area contributed by atoms with Gasteiger partial charge in [-0.15, -0.1) is 0 Å². The highest BCUT2D eigenvalue weighted by atomic mass is 15.1. The predicted molar refractivity (Wildman–Crippen MR) is 566 cm³/mol. The summed E-state index contributed by atoms with van der Waals surface area (Å²) in [6.45, 7) is 0. The van der Waals surface area contributed by atoms with E-state index in [4.69, 9.17) is 50.7 Å². The topological polar surface area (TPSA) is 195 Å². The Bertz CT molecular complexity index is 8630. The molecule has 0 unspecified atom stereocenters. The Morgan fingerprint density at radius 1 is 0.210 bits per heavy atom. The molecular weight excluding hydrogens is 1690 g/mol. The number of nitrogens with zero attached hydrogens (tertiary/aromatic N) is 12. The zero-order chi connectivity index (χ0) is 92.2. The number of anilines is 4. The number of hydrogen-bond donors (Lipinski definition) is 4. The first kappa shape index (κ1) is 83.3. The number of aromatic nitrogens is 12. The van der Waals surface area contributed by atoms with E-state index in [-0.39, 0.29) is 0 Å². The molecule has 0 aliphatic carbocycles. The van der Waals surface area contributed by atoms with Crippen molar-refractivity contribution in [3.63, 3.8) is 0 Å². The summed E-state index contributed by atoms with van der Waals surface area (Å²) in [5.41, 5.74) is 30.2. The van der Waals surface area contributed by atoms with Crippen molar-refractivity contribution in [2.45, 2.75) is 0 Å². The first-order chi connectivity index (χ1) is 68.3. The van der Waals surface area contributed by atoms with E-state index in [2.05, 4.69) is 284 Å². The Morgan fingerprint density at radius 3 is 0.913 bits per heavy atom.